The lowest BCUT2D eigenvalue weighted by Crippen LogP contribution is -2.46. The van der Waals surface area contributed by atoms with Crippen LogP contribution in [0, 0.1) is 11.8 Å². The maximum absolute atomic E-state index is 14.4. The van der Waals surface area contributed by atoms with E-state index in [1.807, 2.05) is 79.7 Å². The van der Waals surface area contributed by atoms with Crippen LogP contribution in [0.3, 0.4) is 0 Å². The quantitative estimate of drug-likeness (QED) is 0.482. The van der Waals surface area contributed by atoms with Gasteiger partial charge in [-0.25, -0.2) is 0 Å². The molecule has 2 amide bonds. The fourth-order valence-electron chi connectivity index (χ4n) is 6.95. The molecule has 6 rings (SSSR count). The summed E-state index contributed by atoms with van der Waals surface area (Å²) < 4.78 is 12.2. The van der Waals surface area contributed by atoms with Crippen LogP contribution < -0.4 is 14.5 Å². The topological polar surface area (TPSA) is 99.5 Å². The molecule has 0 aliphatic carbocycles. The number of aliphatic hydroxyl groups excluding tert-OH is 1. The summed E-state index contributed by atoms with van der Waals surface area (Å²) in [6.45, 7) is 5.56. The van der Waals surface area contributed by atoms with Crippen molar-refractivity contribution >= 4 is 28.9 Å². The predicted molar refractivity (Wildman–Crippen MR) is 150 cm³/mol. The van der Waals surface area contributed by atoms with Gasteiger partial charge in [0.25, 0.3) is 11.8 Å². The third kappa shape index (κ3) is 4.01. The van der Waals surface area contributed by atoms with E-state index in [-0.39, 0.29) is 43.4 Å². The second-order valence-corrected chi connectivity index (χ2v) is 11.4. The molecule has 0 saturated carbocycles. The van der Waals surface area contributed by atoms with E-state index in [2.05, 4.69) is 0 Å². The van der Waals surface area contributed by atoms with Crippen LogP contribution in [0.2, 0.25) is 0 Å². The van der Waals surface area contributed by atoms with Gasteiger partial charge in [-0.15, -0.1) is 0 Å². The number of carbonyl (C=O) groups excluding carboxylic acids is 2. The van der Waals surface area contributed by atoms with Crippen LogP contribution in [0.4, 0.5) is 17.1 Å². The van der Waals surface area contributed by atoms with Crippen LogP contribution in [0.15, 0.2) is 72.8 Å². The average Bonchev–Trinajstić information content (AvgIpc) is 3.36. The van der Waals surface area contributed by atoms with Gasteiger partial charge in [-0.1, -0.05) is 49.4 Å². The maximum atomic E-state index is 14.4. The van der Waals surface area contributed by atoms with E-state index in [9.17, 15) is 19.8 Å². The Morgan fingerprint density at radius 2 is 1.73 bits per heavy atom. The van der Waals surface area contributed by atoms with Crippen molar-refractivity contribution in [3.05, 3.63) is 83.9 Å². The molecular formula is C32H34N2O6. The number of nitrogens with zero attached hydrogens (tertiary/aromatic N) is 2. The molecule has 1 fully saturated rings. The lowest BCUT2D eigenvalue weighted by Gasteiger charge is -2.34. The van der Waals surface area contributed by atoms with Gasteiger partial charge in [0.15, 0.2) is 12.2 Å². The lowest BCUT2D eigenvalue weighted by atomic mass is 9.71. The van der Waals surface area contributed by atoms with Gasteiger partial charge in [0.05, 0.1) is 29.6 Å². The molecule has 3 heterocycles. The van der Waals surface area contributed by atoms with E-state index >= 15 is 0 Å². The molecule has 0 unspecified atom stereocenters. The molecule has 3 aliphatic heterocycles. The molecule has 40 heavy (non-hydrogen) atoms. The molecule has 3 aromatic carbocycles. The van der Waals surface area contributed by atoms with E-state index in [1.165, 1.54) is 0 Å². The van der Waals surface area contributed by atoms with Crippen LogP contribution in [0.25, 0.3) is 0 Å². The van der Waals surface area contributed by atoms with Crippen LogP contribution in [-0.4, -0.2) is 46.9 Å². The van der Waals surface area contributed by atoms with Gasteiger partial charge in [0.1, 0.15) is 5.75 Å². The molecule has 4 atom stereocenters. The zero-order chi connectivity index (χ0) is 28.2. The number of amides is 2. The number of benzene rings is 3. The van der Waals surface area contributed by atoms with Gasteiger partial charge in [-0.05, 0) is 56.2 Å². The second kappa shape index (κ2) is 9.73. The van der Waals surface area contributed by atoms with Crippen molar-refractivity contribution in [1.82, 2.24) is 0 Å². The normalized spacial score (nSPS) is 25.8. The minimum Gasteiger partial charge on any atom is -0.482 e. The van der Waals surface area contributed by atoms with Crippen LogP contribution in [-0.2, 0) is 26.5 Å². The highest BCUT2D eigenvalue weighted by Crippen LogP contribution is 2.57. The first-order valence-corrected chi connectivity index (χ1v) is 13.7. The number of rotatable bonds is 6. The van der Waals surface area contributed by atoms with Crippen molar-refractivity contribution in [3.8, 4) is 5.75 Å². The molecule has 8 nitrogen and oxygen atoms in total. The highest BCUT2D eigenvalue weighted by molar-refractivity contribution is 6.08. The molecule has 3 aliphatic rings. The molecule has 3 aromatic rings. The largest absolute Gasteiger partial charge is 0.482 e. The molecule has 8 heteroatoms. The van der Waals surface area contributed by atoms with Crippen LogP contribution in [0.5, 0.6) is 5.75 Å². The van der Waals surface area contributed by atoms with E-state index in [0.717, 1.165) is 16.8 Å². The molecule has 208 valence electrons. The Kier molecular flexibility index (Phi) is 6.45. The van der Waals surface area contributed by atoms with Gasteiger partial charge < -0.3 is 24.6 Å². The summed E-state index contributed by atoms with van der Waals surface area (Å²) in [5, 5.41) is 20.8. The number of para-hydroxylation sites is 3. The molecule has 0 aromatic heterocycles. The molecule has 0 bridgehead atoms. The number of ether oxygens (including phenoxy) is 2. The molecule has 1 saturated heterocycles. The summed E-state index contributed by atoms with van der Waals surface area (Å²) in [7, 11) is 0. The highest BCUT2D eigenvalue weighted by atomic mass is 16.5. The molecule has 1 spiro atoms. The first-order valence-electron chi connectivity index (χ1n) is 13.7. The standard InChI is InChI=1S/C32H34N2O6/c1-20-29(31(2,3)38)27(15-16-35)40-32(20)23-11-4-5-12-24(23)33(30(32)37)18-21-9-8-10-22(17-21)34-25-13-6-7-14-26(25)39-19-28(34)36/h4-14,17,20,27,29,35,38H,15-16,18-19H2,1-3H3/t20-,27+,29-,32+/m1/s1. The minimum atomic E-state index is -1.27. The number of hydrogen-bond donors (Lipinski definition) is 2. The van der Waals surface area contributed by atoms with Crippen molar-refractivity contribution in [3.63, 3.8) is 0 Å². The van der Waals surface area contributed by atoms with Crippen molar-refractivity contribution in [2.45, 2.75) is 51.0 Å². The van der Waals surface area contributed by atoms with Crippen LogP contribution >= 0.6 is 0 Å². The first-order chi connectivity index (χ1) is 19.2. The van der Waals surface area contributed by atoms with E-state index in [1.54, 1.807) is 23.6 Å². The number of carbonyl (C=O) groups is 2. The van der Waals surface area contributed by atoms with Gasteiger partial charge in [-0.2, -0.15) is 0 Å². The minimum absolute atomic E-state index is 0.0473. The summed E-state index contributed by atoms with van der Waals surface area (Å²) in [6.07, 6.45) is -0.152. The summed E-state index contributed by atoms with van der Waals surface area (Å²) >= 11 is 0. The first kappa shape index (κ1) is 26.5. The Balaban J connectivity index is 1.37. The van der Waals surface area contributed by atoms with Gasteiger partial charge >= 0.3 is 0 Å². The number of aliphatic hydroxyl groups is 2. The summed E-state index contributed by atoms with van der Waals surface area (Å²) in [4.78, 5) is 30.7. The monoisotopic (exact) mass is 542 g/mol. The predicted octanol–water partition coefficient (Wildman–Crippen LogP) is 4.29. The third-order valence-electron chi connectivity index (χ3n) is 8.52. The second-order valence-electron chi connectivity index (χ2n) is 11.4. The van der Waals surface area contributed by atoms with Crippen molar-refractivity contribution < 1.29 is 29.3 Å². The summed E-state index contributed by atoms with van der Waals surface area (Å²) in [5.74, 6) is -0.402. The Morgan fingerprint density at radius 3 is 2.48 bits per heavy atom. The van der Waals surface area contributed by atoms with E-state index in [0.29, 0.717) is 23.5 Å². The Labute approximate surface area is 233 Å². The number of anilines is 3. The van der Waals surface area contributed by atoms with Crippen LogP contribution in [0.1, 0.15) is 38.3 Å². The summed E-state index contributed by atoms with van der Waals surface area (Å²) in [5.41, 5.74) is 1.39. The zero-order valence-electron chi connectivity index (χ0n) is 22.9. The molecule has 0 radical (unpaired) electrons. The molecular weight excluding hydrogens is 508 g/mol. The maximum Gasteiger partial charge on any atom is 0.269 e. The van der Waals surface area contributed by atoms with Gasteiger partial charge in [0.2, 0.25) is 0 Å². The zero-order valence-corrected chi connectivity index (χ0v) is 22.9. The fourth-order valence-corrected chi connectivity index (χ4v) is 6.95. The lowest BCUT2D eigenvalue weighted by molar-refractivity contribution is -0.146. The van der Waals surface area contributed by atoms with E-state index < -0.39 is 17.3 Å². The summed E-state index contributed by atoms with van der Waals surface area (Å²) in [6, 6.07) is 22.7. The van der Waals surface area contributed by atoms with Gasteiger partial charge in [0, 0.05) is 29.7 Å². The Morgan fingerprint density at radius 1 is 1.00 bits per heavy atom. The fraction of sp³-hybridized carbons (Fsp3) is 0.375. The third-order valence-corrected chi connectivity index (χ3v) is 8.52. The van der Waals surface area contributed by atoms with E-state index in [4.69, 9.17) is 9.47 Å². The Bertz CT molecular complexity index is 1470. The van der Waals surface area contributed by atoms with Crippen molar-refractivity contribution in [2.24, 2.45) is 11.8 Å². The SMILES string of the molecule is C[C@@H]1[C@@H](C(C)(C)O)[C@H](CCO)O[C@@]12C(=O)N(Cc1cccc(N3C(=O)COc4ccccc43)c1)c1ccccc12. The Hall–Kier alpha value is -3.72. The highest BCUT2D eigenvalue weighted by Gasteiger charge is 2.65. The molecule has 2 N–H and O–H groups in total. The van der Waals surface area contributed by atoms with Gasteiger partial charge in [-0.3, -0.25) is 14.5 Å². The smallest absolute Gasteiger partial charge is 0.269 e. The number of hydrogen-bond acceptors (Lipinski definition) is 6. The van der Waals surface area contributed by atoms with Crippen molar-refractivity contribution in [1.29, 1.82) is 0 Å². The van der Waals surface area contributed by atoms with Crippen molar-refractivity contribution in [2.75, 3.05) is 23.0 Å². The number of fused-ring (bicyclic) bond motifs is 3. The average molecular weight is 543 g/mol.